The second-order valence-electron chi connectivity index (χ2n) is 8.65. The molecule has 0 spiro atoms. The Bertz CT molecular complexity index is 1110. The quantitative estimate of drug-likeness (QED) is 0.647. The summed E-state index contributed by atoms with van der Waals surface area (Å²) in [6, 6.07) is 11.6. The average molecular weight is 452 g/mol. The number of pyridine rings is 1. The third-order valence-electron chi connectivity index (χ3n) is 6.30. The number of nitrogens with one attached hydrogen (secondary N) is 1. The zero-order chi connectivity index (χ0) is 22.1. The molecule has 166 valence electrons. The predicted octanol–water partition coefficient (Wildman–Crippen LogP) is 4.02. The molecule has 7 nitrogen and oxygen atoms in total. The molecular formula is C24H26ClN5O2. The molecule has 32 heavy (non-hydrogen) atoms. The first-order valence-corrected chi connectivity index (χ1v) is 11.5. The summed E-state index contributed by atoms with van der Waals surface area (Å²) in [5.74, 6) is 2.82. The van der Waals surface area contributed by atoms with Gasteiger partial charge >= 0.3 is 0 Å². The van der Waals surface area contributed by atoms with Gasteiger partial charge in [0.25, 0.3) is 0 Å². The van der Waals surface area contributed by atoms with E-state index < -0.39 is 0 Å². The van der Waals surface area contributed by atoms with E-state index in [4.69, 9.17) is 16.3 Å². The molecule has 3 aromatic rings. The zero-order valence-electron chi connectivity index (χ0n) is 18.0. The molecule has 1 aliphatic heterocycles. The van der Waals surface area contributed by atoms with Gasteiger partial charge in [0.05, 0.1) is 5.69 Å². The predicted molar refractivity (Wildman–Crippen MR) is 121 cm³/mol. The van der Waals surface area contributed by atoms with E-state index in [2.05, 4.69) is 25.1 Å². The van der Waals surface area contributed by atoms with Crippen molar-refractivity contribution in [1.82, 2.24) is 25.1 Å². The lowest BCUT2D eigenvalue weighted by Crippen LogP contribution is -2.36. The van der Waals surface area contributed by atoms with Crippen LogP contribution in [0.1, 0.15) is 55.7 Å². The van der Waals surface area contributed by atoms with E-state index >= 15 is 0 Å². The Hall–Kier alpha value is -2.93. The number of hydrogen-bond acceptors (Lipinski definition) is 5. The largest absolute Gasteiger partial charge is 0.474 e. The van der Waals surface area contributed by atoms with Crippen LogP contribution in [0.3, 0.4) is 0 Å². The van der Waals surface area contributed by atoms with Gasteiger partial charge in [-0.2, -0.15) is 0 Å². The number of nitrogens with zero attached hydrogens (tertiary/aromatic N) is 4. The lowest BCUT2D eigenvalue weighted by Gasteiger charge is -2.28. The molecule has 1 aliphatic carbocycles. The average Bonchev–Trinajstić information content (AvgIpc) is 3.11. The van der Waals surface area contributed by atoms with E-state index in [0.717, 1.165) is 48.6 Å². The van der Waals surface area contributed by atoms with Crippen LogP contribution in [-0.2, 0) is 17.6 Å². The second kappa shape index (κ2) is 8.90. The molecule has 5 rings (SSSR count). The number of rotatable bonds is 4. The van der Waals surface area contributed by atoms with Gasteiger partial charge in [0, 0.05) is 42.6 Å². The Morgan fingerprint density at radius 1 is 1.12 bits per heavy atom. The number of fused-ring (bicyclic) bond motifs is 3. The van der Waals surface area contributed by atoms with Crippen LogP contribution >= 0.6 is 11.6 Å². The SMILES string of the molecule is CC(=O)NC1Cc2cc(Cl)ccc2-n2c(nnc2[C@H]2CC[C@H](Oc3ccccn3)CC2)C1. The summed E-state index contributed by atoms with van der Waals surface area (Å²) in [6.45, 7) is 1.55. The Morgan fingerprint density at radius 2 is 1.97 bits per heavy atom. The summed E-state index contributed by atoms with van der Waals surface area (Å²) in [6.07, 6.45) is 7.13. The summed E-state index contributed by atoms with van der Waals surface area (Å²) >= 11 is 6.31. The number of carbonyl (C=O) groups is 1. The molecule has 3 heterocycles. The molecular weight excluding hydrogens is 426 g/mol. The van der Waals surface area contributed by atoms with E-state index in [-0.39, 0.29) is 18.1 Å². The summed E-state index contributed by atoms with van der Waals surface area (Å²) in [5, 5.41) is 12.9. The summed E-state index contributed by atoms with van der Waals surface area (Å²) in [5.41, 5.74) is 2.16. The van der Waals surface area contributed by atoms with Gasteiger partial charge in [-0.1, -0.05) is 17.7 Å². The fraction of sp³-hybridized carbons (Fsp3) is 0.417. The lowest BCUT2D eigenvalue weighted by atomic mass is 9.86. The minimum Gasteiger partial charge on any atom is -0.474 e. The van der Waals surface area contributed by atoms with Crippen LogP contribution in [0.4, 0.5) is 0 Å². The number of amides is 1. The van der Waals surface area contributed by atoms with Gasteiger partial charge in [-0.05, 0) is 61.9 Å². The monoisotopic (exact) mass is 451 g/mol. The number of halogens is 1. The van der Waals surface area contributed by atoms with Crippen molar-refractivity contribution in [2.75, 3.05) is 0 Å². The number of hydrogen-bond donors (Lipinski definition) is 1. The molecule has 0 bridgehead atoms. The molecule has 1 atom stereocenters. The Balaban J connectivity index is 1.39. The first-order valence-electron chi connectivity index (χ1n) is 11.1. The maximum Gasteiger partial charge on any atom is 0.217 e. The molecule has 0 saturated heterocycles. The molecule has 8 heteroatoms. The molecule has 1 fully saturated rings. The van der Waals surface area contributed by atoms with Gasteiger partial charge in [-0.15, -0.1) is 10.2 Å². The lowest BCUT2D eigenvalue weighted by molar-refractivity contribution is -0.119. The summed E-state index contributed by atoms with van der Waals surface area (Å²) in [4.78, 5) is 16.0. The number of carbonyl (C=O) groups excluding carboxylic acids is 1. The van der Waals surface area contributed by atoms with Crippen molar-refractivity contribution in [2.24, 2.45) is 0 Å². The fourth-order valence-electron chi connectivity index (χ4n) is 4.90. The van der Waals surface area contributed by atoms with Gasteiger partial charge in [-0.3, -0.25) is 9.36 Å². The maximum atomic E-state index is 11.7. The van der Waals surface area contributed by atoms with Crippen LogP contribution < -0.4 is 10.1 Å². The highest BCUT2D eigenvalue weighted by Crippen LogP contribution is 2.37. The Morgan fingerprint density at radius 3 is 2.72 bits per heavy atom. The Labute approximate surface area is 192 Å². The fourth-order valence-corrected chi connectivity index (χ4v) is 5.09. The smallest absolute Gasteiger partial charge is 0.217 e. The van der Waals surface area contributed by atoms with Gasteiger partial charge in [-0.25, -0.2) is 4.98 Å². The van der Waals surface area contributed by atoms with E-state index in [1.165, 1.54) is 0 Å². The number of aromatic nitrogens is 4. The minimum atomic E-state index is -0.0435. The molecule has 1 aromatic carbocycles. The molecule has 1 N–H and O–H groups in total. The van der Waals surface area contributed by atoms with E-state index in [1.54, 1.807) is 13.1 Å². The van der Waals surface area contributed by atoms with Crippen molar-refractivity contribution < 1.29 is 9.53 Å². The van der Waals surface area contributed by atoms with Crippen LogP contribution in [0, 0.1) is 0 Å². The van der Waals surface area contributed by atoms with Crippen LogP contribution in [0.5, 0.6) is 5.88 Å². The second-order valence-corrected chi connectivity index (χ2v) is 9.08. The maximum absolute atomic E-state index is 11.7. The van der Waals surface area contributed by atoms with Crippen LogP contribution in [0.25, 0.3) is 5.69 Å². The molecule has 1 saturated carbocycles. The highest BCUT2D eigenvalue weighted by Gasteiger charge is 2.32. The normalized spacial score (nSPS) is 22.4. The first-order chi connectivity index (χ1) is 15.6. The molecule has 0 radical (unpaired) electrons. The molecule has 1 unspecified atom stereocenters. The topological polar surface area (TPSA) is 81.9 Å². The standard InChI is InChI=1S/C24H26ClN5O2/c1-15(31)27-19-13-17-12-18(25)7-10-21(17)30-22(14-19)28-29-24(30)16-5-8-20(9-6-16)32-23-4-2-3-11-26-23/h2-4,7,10-12,16,19-20H,5-6,8-9,13-14H2,1H3,(H,27,31)/t16-,19?,20-. The summed E-state index contributed by atoms with van der Waals surface area (Å²) in [7, 11) is 0. The zero-order valence-corrected chi connectivity index (χ0v) is 18.8. The van der Waals surface area contributed by atoms with Gasteiger partial charge in [0.15, 0.2) is 0 Å². The third-order valence-corrected chi connectivity index (χ3v) is 6.54. The van der Waals surface area contributed by atoms with Crippen LogP contribution in [-0.4, -0.2) is 37.8 Å². The van der Waals surface area contributed by atoms with Crippen LogP contribution in [0.15, 0.2) is 42.6 Å². The van der Waals surface area contributed by atoms with E-state index in [1.807, 2.05) is 36.4 Å². The Kier molecular flexibility index (Phi) is 5.83. The van der Waals surface area contributed by atoms with E-state index in [9.17, 15) is 4.79 Å². The van der Waals surface area contributed by atoms with Gasteiger partial charge < -0.3 is 10.1 Å². The van der Waals surface area contributed by atoms with Crippen molar-refractivity contribution in [3.05, 3.63) is 64.8 Å². The highest BCUT2D eigenvalue weighted by atomic mass is 35.5. The highest BCUT2D eigenvalue weighted by molar-refractivity contribution is 6.30. The van der Waals surface area contributed by atoms with Crippen molar-refractivity contribution in [3.8, 4) is 11.6 Å². The van der Waals surface area contributed by atoms with Crippen molar-refractivity contribution in [2.45, 2.75) is 63.5 Å². The molecule has 2 aromatic heterocycles. The van der Waals surface area contributed by atoms with Gasteiger partial charge in [0.2, 0.25) is 11.8 Å². The van der Waals surface area contributed by atoms with Gasteiger partial charge in [0.1, 0.15) is 17.8 Å². The van der Waals surface area contributed by atoms with Crippen molar-refractivity contribution in [1.29, 1.82) is 0 Å². The molecule has 2 aliphatic rings. The minimum absolute atomic E-state index is 0.0366. The third kappa shape index (κ3) is 4.35. The first kappa shape index (κ1) is 20.9. The number of ether oxygens (including phenoxy) is 1. The molecule has 1 amide bonds. The van der Waals surface area contributed by atoms with Crippen molar-refractivity contribution in [3.63, 3.8) is 0 Å². The summed E-state index contributed by atoms with van der Waals surface area (Å²) < 4.78 is 8.26. The van der Waals surface area contributed by atoms with Crippen LogP contribution in [0.2, 0.25) is 5.02 Å². The number of benzene rings is 1. The van der Waals surface area contributed by atoms with Crippen molar-refractivity contribution >= 4 is 17.5 Å². The van der Waals surface area contributed by atoms with E-state index in [0.29, 0.717) is 29.7 Å².